The van der Waals surface area contributed by atoms with Crippen LogP contribution in [0.1, 0.15) is 33.3 Å². The molecule has 2 heteroatoms. The molecule has 0 amide bonds. The maximum atomic E-state index is 8.76. The Balaban J connectivity index is 1.65. The number of rotatable bonds is 2. The number of para-hydroxylation sites is 3. The van der Waals surface area contributed by atoms with Crippen LogP contribution in [0.5, 0.6) is 0 Å². The van der Waals surface area contributed by atoms with Gasteiger partial charge in [-0.1, -0.05) is 93.5 Å². The molecule has 0 spiro atoms. The first-order valence-electron chi connectivity index (χ1n) is 14.2. The van der Waals surface area contributed by atoms with Crippen molar-refractivity contribution >= 4 is 43.5 Å². The van der Waals surface area contributed by atoms with E-state index in [1.54, 1.807) is 0 Å². The molecule has 0 aliphatic carbocycles. The van der Waals surface area contributed by atoms with Crippen LogP contribution in [-0.4, -0.2) is 4.57 Å². The van der Waals surface area contributed by atoms with Crippen molar-refractivity contribution in [2.45, 2.75) is 33.1 Å². The van der Waals surface area contributed by atoms with E-state index in [-0.39, 0.29) is 5.41 Å². The lowest BCUT2D eigenvalue weighted by Crippen LogP contribution is -2.33. The van der Waals surface area contributed by atoms with E-state index in [4.69, 9.17) is 1.37 Å². The third-order valence-electron chi connectivity index (χ3n) is 8.30. The molecule has 0 fully saturated rings. The van der Waals surface area contributed by atoms with Crippen molar-refractivity contribution in [2.24, 2.45) is 7.05 Å². The van der Waals surface area contributed by atoms with Gasteiger partial charge < -0.3 is 4.57 Å². The molecule has 0 aliphatic heterocycles. The Morgan fingerprint density at radius 2 is 1.26 bits per heavy atom. The van der Waals surface area contributed by atoms with Gasteiger partial charge in [0.1, 0.15) is 7.05 Å². The van der Waals surface area contributed by atoms with E-state index in [0.717, 1.165) is 27.5 Å². The molecule has 7 rings (SSSR count). The number of pyridine rings is 1. The summed E-state index contributed by atoms with van der Waals surface area (Å²) in [6.45, 7) is 9.16. The normalized spacial score (nSPS) is 12.6. The molecule has 0 radical (unpaired) electrons. The van der Waals surface area contributed by atoms with Gasteiger partial charge in [-0.3, -0.25) is 0 Å². The Kier molecular flexibility index (Phi) is 4.94. The van der Waals surface area contributed by atoms with E-state index in [1.807, 2.05) is 12.1 Å². The lowest BCUT2D eigenvalue weighted by Gasteiger charge is -2.24. The first-order valence-corrected chi connectivity index (χ1v) is 13.7. The van der Waals surface area contributed by atoms with Crippen molar-refractivity contribution in [1.82, 2.24) is 4.57 Å². The van der Waals surface area contributed by atoms with Gasteiger partial charge in [0.05, 0.1) is 29.0 Å². The van der Waals surface area contributed by atoms with Crippen molar-refractivity contribution in [3.63, 3.8) is 0 Å². The number of hydrogen-bond donors (Lipinski definition) is 0. The molecular formula is C37H33N2+. The van der Waals surface area contributed by atoms with Crippen molar-refractivity contribution < 1.29 is 5.94 Å². The van der Waals surface area contributed by atoms with Crippen LogP contribution in [0.3, 0.4) is 0 Å². The van der Waals surface area contributed by atoms with Gasteiger partial charge in [-0.15, -0.1) is 0 Å². The van der Waals surface area contributed by atoms with Crippen LogP contribution in [0, 0.1) is 6.92 Å². The summed E-state index contributed by atoms with van der Waals surface area (Å²) in [7, 11) is 2.18. The molecule has 0 aliphatic rings. The van der Waals surface area contributed by atoms with Crippen LogP contribution in [0.2, 0.25) is 0 Å². The standard InChI is InChI=1S/C37H33N2/c1-24-25-14-6-7-15-26(25)31(37(2,3)4)22-30(24)35-23-36(29-18-10-11-19-32(29)38(35)5)39-33-20-12-8-16-27(33)28-17-9-13-21-34(28)39/h6-23H,1-5H3/q+1/i16D. The summed E-state index contributed by atoms with van der Waals surface area (Å²) in [5.74, 6) is 0. The predicted octanol–water partition coefficient (Wildman–Crippen LogP) is 9.19. The monoisotopic (exact) mass is 506 g/mol. The minimum atomic E-state index is -0.00232. The average molecular weight is 507 g/mol. The first kappa shape index (κ1) is 22.5. The highest BCUT2D eigenvalue weighted by Crippen LogP contribution is 2.39. The molecule has 0 unspecified atom stereocenters. The number of nitrogens with zero attached hydrogens (tertiary/aromatic N) is 2. The third-order valence-corrected chi connectivity index (χ3v) is 8.30. The highest BCUT2D eigenvalue weighted by Gasteiger charge is 2.26. The van der Waals surface area contributed by atoms with Gasteiger partial charge in [-0.05, 0) is 58.5 Å². The van der Waals surface area contributed by atoms with Crippen LogP contribution >= 0.6 is 0 Å². The zero-order valence-electron chi connectivity index (χ0n) is 24.2. The fraction of sp³-hybridized carbons (Fsp3) is 0.162. The van der Waals surface area contributed by atoms with Crippen LogP contribution < -0.4 is 4.57 Å². The molecule has 2 nitrogen and oxygen atoms in total. The van der Waals surface area contributed by atoms with E-state index in [9.17, 15) is 0 Å². The van der Waals surface area contributed by atoms with Crippen LogP contribution in [0.25, 0.3) is 60.4 Å². The van der Waals surface area contributed by atoms with Crippen LogP contribution in [0.15, 0.2) is 109 Å². The minimum absolute atomic E-state index is 0.00232. The molecule has 190 valence electrons. The van der Waals surface area contributed by atoms with Crippen LogP contribution in [0.4, 0.5) is 0 Å². The fourth-order valence-corrected chi connectivity index (χ4v) is 6.37. The number of benzene rings is 5. The summed E-state index contributed by atoms with van der Waals surface area (Å²) in [5, 5.41) is 5.91. The second-order valence-electron chi connectivity index (χ2n) is 11.7. The Bertz CT molecular complexity index is 2130. The fourth-order valence-electron chi connectivity index (χ4n) is 6.37. The second-order valence-corrected chi connectivity index (χ2v) is 11.7. The number of fused-ring (bicyclic) bond motifs is 5. The average Bonchev–Trinajstić information content (AvgIpc) is 3.29. The number of hydrogen-bond acceptors (Lipinski definition) is 0. The van der Waals surface area contributed by atoms with Gasteiger partial charge >= 0.3 is 0 Å². The molecule has 2 heterocycles. The van der Waals surface area contributed by atoms with Crippen molar-refractivity contribution in [2.75, 3.05) is 0 Å². The van der Waals surface area contributed by atoms with Gasteiger partial charge in [0.25, 0.3) is 0 Å². The van der Waals surface area contributed by atoms with Crippen molar-refractivity contribution in [1.29, 1.82) is 0 Å². The van der Waals surface area contributed by atoms with Crippen molar-refractivity contribution in [3.05, 3.63) is 120 Å². The maximum Gasteiger partial charge on any atom is 0.215 e. The Hall–Kier alpha value is -4.43. The number of aryl methyl sites for hydroxylation is 2. The zero-order chi connectivity index (χ0) is 27.8. The topological polar surface area (TPSA) is 8.81 Å². The molecular weight excluding hydrogens is 472 g/mol. The summed E-state index contributed by atoms with van der Waals surface area (Å²) >= 11 is 0. The molecule has 0 saturated carbocycles. The van der Waals surface area contributed by atoms with Gasteiger partial charge in [-0.25, -0.2) is 0 Å². The molecule has 0 bridgehead atoms. The van der Waals surface area contributed by atoms with Crippen molar-refractivity contribution in [3.8, 4) is 16.9 Å². The quantitative estimate of drug-likeness (QED) is 0.207. The minimum Gasteiger partial charge on any atom is -0.308 e. The van der Waals surface area contributed by atoms with Gasteiger partial charge in [0.2, 0.25) is 11.2 Å². The summed E-state index contributed by atoms with van der Waals surface area (Å²) in [5.41, 5.74) is 9.55. The van der Waals surface area contributed by atoms with Gasteiger partial charge in [-0.2, -0.15) is 4.57 Å². The number of aromatic nitrogens is 2. The van der Waals surface area contributed by atoms with E-state index in [0.29, 0.717) is 6.04 Å². The summed E-state index contributed by atoms with van der Waals surface area (Å²) in [6, 6.07) is 37.3. The molecule has 7 aromatic rings. The predicted molar refractivity (Wildman–Crippen MR) is 166 cm³/mol. The third kappa shape index (κ3) is 3.51. The highest BCUT2D eigenvalue weighted by molar-refractivity contribution is 6.10. The lowest BCUT2D eigenvalue weighted by atomic mass is 9.80. The molecule has 0 N–H and O–H groups in total. The summed E-state index contributed by atoms with van der Waals surface area (Å²) in [4.78, 5) is 0. The van der Waals surface area contributed by atoms with E-state index in [1.165, 1.54) is 44.1 Å². The molecule has 5 aromatic carbocycles. The molecule has 0 atom stereocenters. The van der Waals surface area contributed by atoms with Gasteiger partial charge in [0, 0.05) is 22.9 Å². The Morgan fingerprint density at radius 1 is 0.667 bits per heavy atom. The van der Waals surface area contributed by atoms with Gasteiger partial charge in [0.15, 0.2) is 0 Å². The SMILES string of the molecule is [2H]c1cccc2c1c1ccccc1n2-c1cc(-c2cc(C(C)(C)C)c3ccccc3c2C)[n+](C)c2ccccc12. The maximum absolute atomic E-state index is 8.76. The summed E-state index contributed by atoms with van der Waals surface area (Å²) < 4.78 is 13.5. The summed E-state index contributed by atoms with van der Waals surface area (Å²) in [6.07, 6.45) is 0. The first-order chi connectivity index (χ1) is 19.3. The van der Waals surface area contributed by atoms with Crippen LogP contribution in [-0.2, 0) is 12.5 Å². The Labute approximate surface area is 231 Å². The zero-order valence-corrected chi connectivity index (χ0v) is 23.2. The largest absolute Gasteiger partial charge is 0.308 e. The Morgan fingerprint density at radius 3 is 2.00 bits per heavy atom. The van der Waals surface area contributed by atoms with E-state index >= 15 is 0 Å². The smallest absolute Gasteiger partial charge is 0.215 e. The highest BCUT2D eigenvalue weighted by atomic mass is 15.0. The lowest BCUT2D eigenvalue weighted by molar-refractivity contribution is -0.633. The second kappa shape index (κ2) is 8.54. The van der Waals surface area contributed by atoms with E-state index in [2.05, 4.69) is 135 Å². The molecule has 0 saturated heterocycles. The van der Waals surface area contributed by atoms with E-state index < -0.39 is 0 Å². The molecule has 39 heavy (non-hydrogen) atoms. The molecule has 2 aromatic heterocycles.